The number of aromatic nitrogens is 1. The van der Waals surface area contributed by atoms with E-state index in [1.54, 1.807) is 4.57 Å². The number of carbonyl (C=O) groups excluding carboxylic acids is 1. The Morgan fingerprint density at radius 2 is 1.72 bits per heavy atom. The van der Waals surface area contributed by atoms with E-state index >= 15 is 0 Å². The number of aromatic hydroxyl groups is 1. The summed E-state index contributed by atoms with van der Waals surface area (Å²) in [6.45, 7) is 0.195. The minimum absolute atomic E-state index is 0.102. The molecule has 6 heteroatoms. The van der Waals surface area contributed by atoms with Gasteiger partial charge in [-0.2, -0.15) is 0 Å². The third-order valence-electron chi connectivity index (χ3n) is 4.73. The van der Waals surface area contributed by atoms with Gasteiger partial charge in [-0.05, 0) is 28.5 Å². The average Bonchev–Trinajstić information content (AvgIpc) is 3.00. The molecular weight excluding hydrogens is 430 g/mol. The second-order valence-electron chi connectivity index (χ2n) is 6.50. The van der Waals surface area contributed by atoms with Crippen molar-refractivity contribution in [2.45, 2.75) is 13.0 Å². The number of terminal acetylenes is 1. The Balaban J connectivity index is 1.66. The largest absolute Gasteiger partial charge is 0.493 e. The Hall–Kier alpha value is -3.43. The third-order valence-corrected chi connectivity index (χ3v) is 5.42. The van der Waals surface area contributed by atoms with Gasteiger partial charge in [0.2, 0.25) is 5.88 Å². The van der Waals surface area contributed by atoms with Crippen molar-refractivity contribution in [1.82, 2.24) is 4.57 Å². The van der Waals surface area contributed by atoms with Crippen LogP contribution in [0.3, 0.4) is 0 Å². The molecule has 0 aliphatic rings. The molecule has 0 saturated carbocycles. The first-order chi connectivity index (χ1) is 14.1. The fraction of sp³-hybridized carbons (Fsp3) is 0.0870. The van der Waals surface area contributed by atoms with Crippen molar-refractivity contribution in [1.29, 1.82) is 0 Å². The zero-order valence-corrected chi connectivity index (χ0v) is 16.9. The molecule has 5 nitrogen and oxygen atoms in total. The summed E-state index contributed by atoms with van der Waals surface area (Å²) in [7, 11) is 0. The van der Waals surface area contributed by atoms with Crippen LogP contribution in [0.15, 0.2) is 75.4 Å². The predicted octanol–water partition coefficient (Wildman–Crippen LogP) is 5.75. The molecule has 4 aromatic rings. The van der Waals surface area contributed by atoms with Crippen LogP contribution in [0.25, 0.3) is 21.7 Å². The molecule has 29 heavy (non-hydrogen) atoms. The SMILES string of the molecule is C#CCn1c(O)c(N=NC(=O)Cc2ccc(Br)c3ccccc23)c2ccccc21. The summed E-state index contributed by atoms with van der Waals surface area (Å²) in [5.41, 5.74) is 1.85. The van der Waals surface area contributed by atoms with Gasteiger partial charge < -0.3 is 5.11 Å². The van der Waals surface area contributed by atoms with Crippen LogP contribution in [0.1, 0.15) is 5.56 Å². The number of halogens is 1. The number of benzene rings is 3. The Kier molecular flexibility index (Phi) is 5.15. The van der Waals surface area contributed by atoms with Crippen molar-refractivity contribution < 1.29 is 9.90 Å². The first-order valence-corrected chi connectivity index (χ1v) is 9.74. The maximum Gasteiger partial charge on any atom is 0.269 e. The lowest BCUT2D eigenvalue weighted by molar-refractivity contribution is -0.117. The van der Waals surface area contributed by atoms with Crippen molar-refractivity contribution in [2.24, 2.45) is 10.2 Å². The van der Waals surface area contributed by atoms with E-state index in [0.717, 1.165) is 26.3 Å². The summed E-state index contributed by atoms with van der Waals surface area (Å²) < 4.78 is 2.54. The van der Waals surface area contributed by atoms with Gasteiger partial charge in [-0.25, -0.2) is 0 Å². The highest BCUT2D eigenvalue weighted by Crippen LogP contribution is 2.38. The van der Waals surface area contributed by atoms with E-state index in [4.69, 9.17) is 6.42 Å². The normalized spacial score (nSPS) is 11.3. The van der Waals surface area contributed by atoms with Gasteiger partial charge in [-0.15, -0.1) is 16.7 Å². The molecule has 4 rings (SSSR count). The zero-order chi connectivity index (χ0) is 20.4. The van der Waals surface area contributed by atoms with Gasteiger partial charge in [0.15, 0.2) is 5.69 Å². The highest BCUT2D eigenvalue weighted by Gasteiger charge is 2.16. The molecule has 0 bridgehead atoms. The van der Waals surface area contributed by atoms with Crippen molar-refractivity contribution in [3.05, 3.63) is 70.7 Å². The first-order valence-electron chi connectivity index (χ1n) is 8.94. The fourth-order valence-corrected chi connectivity index (χ4v) is 3.88. The Morgan fingerprint density at radius 1 is 1.03 bits per heavy atom. The molecule has 0 aliphatic carbocycles. The molecule has 142 valence electrons. The number of carbonyl (C=O) groups is 1. The van der Waals surface area contributed by atoms with E-state index in [-0.39, 0.29) is 24.5 Å². The number of amides is 1. The van der Waals surface area contributed by atoms with E-state index in [1.807, 2.05) is 60.7 Å². The topological polar surface area (TPSA) is 66.9 Å². The maximum absolute atomic E-state index is 12.5. The van der Waals surface area contributed by atoms with E-state index in [2.05, 4.69) is 32.1 Å². The Labute approximate surface area is 175 Å². The Morgan fingerprint density at radius 3 is 2.48 bits per heavy atom. The molecule has 0 radical (unpaired) electrons. The molecule has 0 fully saturated rings. The van der Waals surface area contributed by atoms with E-state index in [9.17, 15) is 9.90 Å². The van der Waals surface area contributed by atoms with Crippen molar-refractivity contribution in [3.63, 3.8) is 0 Å². The highest BCUT2D eigenvalue weighted by molar-refractivity contribution is 9.10. The standard InChI is InChI=1S/C23H16BrN3O2/c1-2-13-27-20-10-6-5-9-18(20)22(23(27)29)26-25-21(28)14-15-11-12-19(24)17-8-4-3-7-16(15)17/h1,3-12,29H,13-14H2. The van der Waals surface area contributed by atoms with E-state index in [1.165, 1.54) is 0 Å². The van der Waals surface area contributed by atoms with Crippen LogP contribution in [0.5, 0.6) is 5.88 Å². The van der Waals surface area contributed by atoms with Gasteiger partial charge in [0, 0.05) is 9.86 Å². The highest BCUT2D eigenvalue weighted by atomic mass is 79.9. The minimum Gasteiger partial charge on any atom is -0.493 e. The third kappa shape index (κ3) is 3.53. The molecule has 1 N–H and O–H groups in total. The molecule has 0 unspecified atom stereocenters. The molecule has 1 heterocycles. The van der Waals surface area contributed by atoms with Crippen LogP contribution in [0.4, 0.5) is 5.69 Å². The summed E-state index contributed by atoms with van der Waals surface area (Å²) in [5.74, 6) is 2.01. The van der Waals surface area contributed by atoms with Crippen LogP contribution in [-0.4, -0.2) is 15.6 Å². The average molecular weight is 446 g/mol. The molecule has 1 aromatic heterocycles. The van der Waals surface area contributed by atoms with Crippen LogP contribution < -0.4 is 0 Å². The molecular formula is C23H16BrN3O2. The van der Waals surface area contributed by atoms with Gasteiger partial charge in [0.25, 0.3) is 5.91 Å². The molecule has 0 saturated heterocycles. The second kappa shape index (κ2) is 7.90. The Bertz CT molecular complexity index is 1320. The summed E-state index contributed by atoms with van der Waals surface area (Å²) in [4.78, 5) is 12.5. The van der Waals surface area contributed by atoms with Crippen molar-refractivity contribution >= 4 is 49.2 Å². The predicted molar refractivity (Wildman–Crippen MR) is 117 cm³/mol. The quantitative estimate of drug-likeness (QED) is 0.321. The van der Waals surface area contributed by atoms with E-state index in [0.29, 0.717) is 5.39 Å². The summed E-state index contributed by atoms with van der Waals surface area (Å²) in [6.07, 6.45) is 5.51. The van der Waals surface area contributed by atoms with Crippen LogP contribution >= 0.6 is 15.9 Å². The number of nitrogens with zero attached hydrogens (tertiary/aromatic N) is 3. The number of hydrogen-bond acceptors (Lipinski definition) is 3. The molecule has 0 aliphatic heterocycles. The summed E-state index contributed by atoms with van der Waals surface area (Å²) >= 11 is 3.53. The number of rotatable bonds is 4. The first kappa shape index (κ1) is 18.9. The van der Waals surface area contributed by atoms with Gasteiger partial charge in [-0.1, -0.05) is 70.4 Å². The van der Waals surface area contributed by atoms with Crippen molar-refractivity contribution in [3.8, 4) is 18.2 Å². The smallest absolute Gasteiger partial charge is 0.269 e. The number of hydrogen-bond donors (Lipinski definition) is 1. The van der Waals surface area contributed by atoms with Crippen LogP contribution in [0.2, 0.25) is 0 Å². The molecule has 0 atom stereocenters. The number of para-hydroxylation sites is 1. The lowest BCUT2D eigenvalue weighted by atomic mass is 10.0. The minimum atomic E-state index is -0.398. The lowest BCUT2D eigenvalue weighted by Crippen LogP contribution is -1.99. The number of fused-ring (bicyclic) bond motifs is 2. The van der Waals surface area contributed by atoms with E-state index < -0.39 is 5.91 Å². The molecule has 0 spiro atoms. The van der Waals surface area contributed by atoms with Gasteiger partial charge in [0.1, 0.15) is 0 Å². The van der Waals surface area contributed by atoms with Crippen LogP contribution in [-0.2, 0) is 17.8 Å². The zero-order valence-electron chi connectivity index (χ0n) is 15.3. The van der Waals surface area contributed by atoms with Gasteiger partial charge in [0.05, 0.1) is 18.5 Å². The second-order valence-corrected chi connectivity index (χ2v) is 7.36. The fourth-order valence-electron chi connectivity index (χ4n) is 3.40. The lowest BCUT2D eigenvalue weighted by Gasteiger charge is -2.06. The van der Waals surface area contributed by atoms with Crippen molar-refractivity contribution in [2.75, 3.05) is 0 Å². The number of azo groups is 1. The summed E-state index contributed by atoms with van der Waals surface area (Å²) in [5, 5.41) is 21.1. The van der Waals surface area contributed by atoms with Gasteiger partial charge in [-0.3, -0.25) is 9.36 Å². The molecule has 3 aromatic carbocycles. The van der Waals surface area contributed by atoms with Gasteiger partial charge >= 0.3 is 0 Å². The van der Waals surface area contributed by atoms with Crippen LogP contribution in [0, 0.1) is 12.3 Å². The maximum atomic E-state index is 12.5. The monoisotopic (exact) mass is 445 g/mol. The molecule has 1 amide bonds. The summed E-state index contributed by atoms with van der Waals surface area (Å²) in [6, 6.07) is 19.0.